The van der Waals surface area contributed by atoms with E-state index in [4.69, 9.17) is 0 Å². The minimum absolute atomic E-state index is 0.206. The summed E-state index contributed by atoms with van der Waals surface area (Å²) in [6.45, 7) is 0. The van der Waals surface area contributed by atoms with Crippen LogP contribution in [0.3, 0.4) is 0 Å². The third kappa shape index (κ3) is 2.08. The Morgan fingerprint density at radius 2 is 1.63 bits per heavy atom. The molecule has 4 nitrogen and oxygen atoms in total. The van der Waals surface area contributed by atoms with Gasteiger partial charge in [0.2, 0.25) is 0 Å². The van der Waals surface area contributed by atoms with Gasteiger partial charge in [0.15, 0.2) is 11.6 Å². The second-order valence-corrected chi connectivity index (χ2v) is 4.27. The van der Waals surface area contributed by atoms with Crippen LogP contribution in [0.2, 0.25) is 0 Å². The predicted octanol–water partition coefficient (Wildman–Crippen LogP) is 2.85. The van der Waals surface area contributed by atoms with Gasteiger partial charge < -0.3 is 5.11 Å². The number of para-hydroxylation sites is 1. The number of aromatic hydroxyl groups is 1. The molecule has 0 radical (unpaired) electrons. The molecule has 4 heteroatoms. The second-order valence-electron chi connectivity index (χ2n) is 4.27. The van der Waals surface area contributed by atoms with Crippen molar-refractivity contribution in [2.75, 3.05) is 0 Å². The average molecular weight is 251 g/mol. The summed E-state index contributed by atoms with van der Waals surface area (Å²) in [5, 5.41) is 14.3. The Morgan fingerprint density at radius 1 is 0.947 bits per heavy atom. The van der Waals surface area contributed by atoms with Gasteiger partial charge in [-0.1, -0.05) is 42.5 Å². The Hall–Kier alpha value is -2.62. The van der Waals surface area contributed by atoms with Crippen molar-refractivity contribution < 1.29 is 5.11 Å². The first kappa shape index (κ1) is 11.5. The van der Waals surface area contributed by atoms with Crippen molar-refractivity contribution in [2.45, 2.75) is 0 Å². The van der Waals surface area contributed by atoms with Gasteiger partial charge in [-0.2, -0.15) is 5.10 Å². The van der Waals surface area contributed by atoms with Gasteiger partial charge in [0.05, 0.1) is 5.56 Å². The number of aromatic nitrogens is 3. The summed E-state index contributed by atoms with van der Waals surface area (Å²) in [6.07, 6.45) is 0. The number of hydrogen-bond acceptors (Lipinski definition) is 3. The summed E-state index contributed by atoms with van der Waals surface area (Å²) >= 11 is 0. The molecule has 3 aromatic rings. The summed E-state index contributed by atoms with van der Waals surface area (Å²) in [6, 6.07) is 16.9. The lowest BCUT2D eigenvalue weighted by Gasteiger charge is -2.01. The van der Waals surface area contributed by atoms with Gasteiger partial charge in [0.1, 0.15) is 5.75 Å². The van der Waals surface area contributed by atoms with E-state index in [1.54, 1.807) is 16.8 Å². The van der Waals surface area contributed by atoms with Crippen LogP contribution in [-0.2, 0) is 7.05 Å². The molecule has 0 amide bonds. The molecule has 0 aliphatic carbocycles. The molecule has 0 unspecified atom stereocenters. The largest absolute Gasteiger partial charge is 0.507 e. The maximum atomic E-state index is 9.89. The van der Waals surface area contributed by atoms with Crippen LogP contribution in [0.1, 0.15) is 0 Å². The van der Waals surface area contributed by atoms with Gasteiger partial charge in [0, 0.05) is 12.6 Å². The fourth-order valence-corrected chi connectivity index (χ4v) is 1.99. The number of phenols is 1. The maximum absolute atomic E-state index is 9.89. The van der Waals surface area contributed by atoms with E-state index in [1.165, 1.54) is 0 Å². The number of benzene rings is 2. The number of nitrogens with zero attached hydrogens (tertiary/aromatic N) is 3. The van der Waals surface area contributed by atoms with Crippen molar-refractivity contribution in [3.8, 4) is 28.5 Å². The fourth-order valence-electron chi connectivity index (χ4n) is 1.99. The van der Waals surface area contributed by atoms with Crippen molar-refractivity contribution in [3.63, 3.8) is 0 Å². The molecule has 0 saturated heterocycles. The molecule has 0 atom stereocenters. The first-order chi connectivity index (χ1) is 9.25. The Kier molecular flexibility index (Phi) is 2.76. The molecule has 0 aliphatic heterocycles. The molecule has 94 valence electrons. The van der Waals surface area contributed by atoms with Crippen LogP contribution in [0.25, 0.3) is 22.8 Å². The molecule has 0 spiro atoms. The summed E-state index contributed by atoms with van der Waals surface area (Å²) in [5.74, 6) is 1.51. The van der Waals surface area contributed by atoms with Crippen molar-refractivity contribution in [3.05, 3.63) is 54.6 Å². The second kappa shape index (κ2) is 4.57. The van der Waals surface area contributed by atoms with E-state index in [9.17, 15) is 5.11 Å². The van der Waals surface area contributed by atoms with Gasteiger partial charge in [-0.25, -0.2) is 9.67 Å². The van der Waals surface area contributed by atoms with E-state index in [-0.39, 0.29) is 5.75 Å². The van der Waals surface area contributed by atoms with E-state index in [0.29, 0.717) is 17.2 Å². The number of hydrogen-bond donors (Lipinski definition) is 1. The molecule has 2 aromatic carbocycles. The quantitative estimate of drug-likeness (QED) is 0.762. The number of phenolic OH excluding ortho intramolecular Hbond substituents is 1. The number of rotatable bonds is 2. The average Bonchev–Trinajstić information content (AvgIpc) is 2.82. The molecular formula is C15H13N3O. The van der Waals surface area contributed by atoms with Crippen molar-refractivity contribution in [2.24, 2.45) is 7.05 Å². The first-order valence-electron chi connectivity index (χ1n) is 6.00. The Morgan fingerprint density at radius 3 is 2.37 bits per heavy atom. The SMILES string of the molecule is Cn1nc(-c2ccccc2)nc1-c1ccccc1O. The third-order valence-corrected chi connectivity index (χ3v) is 2.94. The van der Waals surface area contributed by atoms with Gasteiger partial charge >= 0.3 is 0 Å². The van der Waals surface area contributed by atoms with Crippen LogP contribution in [0.15, 0.2) is 54.6 Å². The zero-order valence-corrected chi connectivity index (χ0v) is 10.5. The minimum Gasteiger partial charge on any atom is -0.507 e. The summed E-state index contributed by atoms with van der Waals surface area (Å²) < 4.78 is 1.68. The van der Waals surface area contributed by atoms with E-state index in [2.05, 4.69) is 10.1 Å². The van der Waals surface area contributed by atoms with Gasteiger partial charge in [-0.3, -0.25) is 0 Å². The Balaban J connectivity index is 2.11. The monoisotopic (exact) mass is 251 g/mol. The molecule has 19 heavy (non-hydrogen) atoms. The van der Waals surface area contributed by atoms with Crippen LogP contribution in [0.5, 0.6) is 5.75 Å². The molecule has 0 aliphatic rings. The molecule has 0 bridgehead atoms. The Bertz CT molecular complexity index is 704. The molecule has 1 N–H and O–H groups in total. The van der Waals surface area contributed by atoms with Gasteiger partial charge in [0.25, 0.3) is 0 Å². The lowest BCUT2D eigenvalue weighted by Crippen LogP contribution is -1.94. The van der Waals surface area contributed by atoms with Gasteiger partial charge in [-0.15, -0.1) is 0 Å². The fraction of sp³-hybridized carbons (Fsp3) is 0.0667. The molecule has 0 fully saturated rings. The molecule has 1 aromatic heterocycles. The lowest BCUT2D eigenvalue weighted by atomic mass is 10.2. The molecule has 3 rings (SSSR count). The van der Waals surface area contributed by atoms with E-state index < -0.39 is 0 Å². The van der Waals surface area contributed by atoms with Crippen molar-refractivity contribution in [1.29, 1.82) is 0 Å². The third-order valence-electron chi connectivity index (χ3n) is 2.94. The van der Waals surface area contributed by atoms with Crippen molar-refractivity contribution in [1.82, 2.24) is 14.8 Å². The molecule has 0 saturated carbocycles. The zero-order chi connectivity index (χ0) is 13.2. The topological polar surface area (TPSA) is 50.9 Å². The molecular weight excluding hydrogens is 238 g/mol. The Labute approximate surface area is 111 Å². The summed E-state index contributed by atoms with van der Waals surface area (Å²) in [7, 11) is 1.82. The van der Waals surface area contributed by atoms with E-state index in [0.717, 1.165) is 5.56 Å². The summed E-state index contributed by atoms with van der Waals surface area (Å²) in [5.41, 5.74) is 1.64. The zero-order valence-electron chi connectivity index (χ0n) is 10.5. The van der Waals surface area contributed by atoms with Crippen LogP contribution < -0.4 is 0 Å². The highest BCUT2D eigenvalue weighted by Gasteiger charge is 2.13. The highest BCUT2D eigenvalue weighted by Crippen LogP contribution is 2.28. The highest BCUT2D eigenvalue weighted by molar-refractivity contribution is 5.66. The number of aryl methyl sites for hydroxylation is 1. The predicted molar refractivity (Wildman–Crippen MR) is 73.5 cm³/mol. The normalized spacial score (nSPS) is 10.6. The maximum Gasteiger partial charge on any atom is 0.181 e. The van der Waals surface area contributed by atoms with Crippen molar-refractivity contribution >= 4 is 0 Å². The van der Waals surface area contributed by atoms with Gasteiger partial charge in [-0.05, 0) is 12.1 Å². The smallest absolute Gasteiger partial charge is 0.181 e. The minimum atomic E-state index is 0.206. The van der Waals surface area contributed by atoms with Crippen LogP contribution in [-0.4, -0.2) is 19.9 Å². The van der Waals surface area contributed by atoms with Crippen LogP contribution in [0, 0.1) is 0 Å². The van der Waals surface area contributed by atoms with E-state index in [1.807, 2.05) is 49.5 Å². The first-order valence-corrected chi connectivity index (χ1v) is 6.00. The van der Waals surface area contributed by atoms with Crippen LogP contribution >= 0.6 is 0 Å². The highest BCUT2D eigenvalue weighted by atomic mass is 16.3. The lowest BCUT2D eigenvalue weighted by molar-refractivity contribution is 0.476. The van der Waals surface area contributed by atoms with E-state index >= 15 is 0 Å². The molecule has 1 heterocycles. The standard InChI is InChI=1S/C15H13N3O/c1-18-15(12-9-5-6-10-13(12)19)16-14(17-18)11-7-3-2-4-8-11/h2-10,19H,1H3. The van der Waals surface area contributed by atoms with Crippen LogP contribution in [0.4, 0.5) is 0 Å². The summed E-state index contributed by atoms with van der Waals surface area (Å²) in [4.78, 5) is 4.50.